The minimum Gasteiger partial charge on any atom is -0.367 e. The SMILES string of the molecule is CCN(Cc1cccc([N+](=O)[O-])c1)c1ccc(N=Nc2c(Br)cc([N+](=O)[O-])cc2C#N)c(NC(C)=O)c1. The van der Waals surface area contributed by atoms with Crippen LogP contribution in [0.1, 0.15) is 25.0 Å². The van der Waals surface area contributed by atoms with E-state index in [2.05, 4.69) is 31.5 Å². The van der Waals surface area contributed by atoms with Gasteiger partial charge in [0.2, 0.25) is 5.91 Å². The third-order valence-electron chi connectivity index (χ3n) is 5.17. The van der Waals surface area contributed by atoms with Gasteiger partial charge in [-0.05, 0) is 46.6 Å². The molecule has 0 aliphatic heterocycles. The van der Waals surface area contributed by atoms with Crippen molar-refractivity contribution in [3.8, 4) is 6.07 Å². The number of hydrogen-bond donors (Lipinski definition) is 1. The fourth-order valence-corrected chi connectivity index (χ4v) is 3.98. The summed E-state index contributed by atoms with van der Waals surface area (Å²) in [5.74, 6) is -0.343. The van der Waals surface area contributed by atoms with Gasteiger partial charge in [0.25, 0.3) is 11.4 Å². The summed E-state index contributed by atoms with van der Waals surface area (Å²) in [7, 11) is 0. The predicted octanol–water partition coefficient (Wildman–Crippen LogP) is 6.54. The average molecular weight is 566 g/mol. The highest BCUT2D eigenvalue weighted by molar-refractivity contribution is 9.10. The van der Waals surface area contributed by atoms with Crippen LogP contribution in [0.15, 0.2) is 69.3 Å². The number of carbonyl (C=O) groups excluding carboxylic acids is 1. The van der Waals surface area contributed by atoms with Crippen molar-refractivity contribution in [2.24, 2.45) is 10.2 Å². The van der Waals surface area contributed by atoms with E-state index in [-0.39, 0.29) is 33.0 Å². The van der Waals surface area contributed by atoms with Crippen LogP contribution < -0.4 is 10.2 Å². The van der Waals surface area contributed by atoms with Crippen LogP contribution in [-0.2, 0) is 11.3 Å². The molecule has 0 radical (unpaired) electrons. The van der Waals surface area contributed by atoms with Crippen LogP contribution in [0.2, 0.25) is 0 Å². The summed E-state index contributed by atoms with van der Waals surface area (Å²) in [4.78, 5) is 35.0. The van der Waals surface area contributed by atoms with Crippen LogP contribution in [-0.4, -0.2) is 22.3 Å². The van der Waals surface area contributed by atoms with Crippen molar-refractivity contribution in [3.63, 3.8) is 0 Å². The van der Waals surface area contributed by atoms with Crippen molar-refractivity contribution in [2.75, 3.05) is 16.8 Å². The van der Waals surface area contributed by atoms with Crippen LogP contribution >= 0.6 is 15.9 Å². The number of nitro benzene ring substituents is 2. The lowest BCUT2D eigenvalue weighted by Gasteiger charge is -2.24. The van der Waals surface area contributed by atoms with Gasteiger partial charge in [-0.1, -0.05) is 12.1 Å². The molecule has 0 aromatic heterocycles. The molecule has 0 aliphatic carbocycles. The number of carbonyl (C=O) groups is 1. The Hall–Kier alpha value is -4.70. The quantitative estimate of drug-likeness (QED) is 0.174. The van der Waals surface area contributed by atoms with Gasteiger partial charge in [-0.3, -0.25) is 25.0 Å². The standard InChI is InChI=1S/C24H20BrN7O5/c1-3-30(14-16-5-4-6-19(9-16)31(34)35)18-7-8-22(23(12-18)27-15(2)33)28-29-24-17(13-26)10-20(32(36)37)11-21(24)25/h4-12H,3,14H2,1-2H3,(H,27,33). The van der Waals surface area contributed by atoms with Gasteiger partial charge >= 0.3 is 0 Å². The van der Waals surface area contributed by atoms with Crippen LogP contribution in [0, 0.1) is 31.6 Å². The van der Waals surface area contributed by atoms with Crippen LogP contribution in [0.25, 0.3) is 0 Å². The molecule has 37 heavy (non-hydrogen) atoms. The number of nitriles is 1. The lowest BCUT2D eigenvalue weighted by atomic mass is 10.1. The first-order valence-electron chi connectivity index (χ1n) is 10.8. The molecule has 0 bridgehead atoms. The van der Waals surface area contributed by atoms with Crippen molar-refractivity contribution >= 4 is 56.0 Å². The molecule has 0 spiro atoms. The van der Waals surface area contributed by atoms with E-state index in [0.717, 1.165) is 17.3 Å². The molecular formula is C24H20BrN7O5. The number of nitrogens with one attached hydrogen (secondary N) is 1. The largest absolute Gasteiger partial charge is 0.367 e. The molecule has 0 unspecified atom stereocenters. The maximum atomic E-state index is 11.9. The second-order valence-corrected chi connectivity index (χ2v) is 8.57. The lowest BCUT2D eigenvalue weighted by Crippen LogP contribution is -2.22. The number of amides is 1. The van der Waals surface area contributed by atoms with Gasteiger partial charge in [0.15, 0.2) is 0 Å². The first-order chi connectivity index (χ1) is 17.6. The summed E-state index contributed by atoms with van der Waals surface area (Å²) >= 11 is 3.20. The van der Waals surface area contributed by atoms with E-state index in [9.17, 15) is 30.3 Å². The van der Waals surface area contributed by atoms with Crippen molar-refractivity contribution in [1.82, 2.24) is 0 Å². The molecule has 0 saturated heterocycles. The molecular weight excluding hydrogens is 546 g/mol. The fourth-order valence-electron chi connectivity index (χ4n) is 3.45. The maximum Gasteiger partial charge on any atom is 0.272 e. The van der Waals surface area contributed by atoms with Crippen molar-refractivity contribution in [1.29, 1.82) is 5.26 Å². The Kier molecular flexibility index (Phi) is 8.59. The highest BCUT2D eigenvalue weighted by Crippen LogP contribution is 2.37. The van der Waals surface area contributed by atoms with Gasteiger partial charge in [-0.2, -0.15) is 5.26 Å². The Bertz CT molecular complexity index is 1450. The Balaban J connectivity index is 1.97. The monoisotopic (exact) mass is 565 g/mol. The molecule has 188 valence electrons. The third-order valence-corrected chi connectivity index (χ3v) is 5.77. The van der Waals surface area contributed by atoms with E-state index in [1.807, 2.05) is 17.9 Å². The zero-order valence-corrected chi connectivity index (χ0v) is 21.3. The number of nitro groups is 2. The first kappa shape index (κ1) is 26.9. The number of non-ortho nitro benzene ring substituents is 2. The molecule has 13 heteroatoms. The second kappa shape index (κ2) is 11.8. The summed E-state index contributed by atoms with van der Waals surface area (Å²) in [5, 5.41) is 42.6. The third kappa shape index (κ3) is 6.71. The van der Waals surface area contributed by atoms with E-state index in [1.165, 1.54) is 25.1 Å². The number of azo groups is 1. The van der Waals surface area contributed by atoms with Crippen LogP contribution in [0.4, 0.5) is 34.1 Å². The summed E-state index contributed by atoms with van der Waals surface area (Å²) in [6, 6.07) is 15.6. The first-order valence-corrected chi connectivity index (χ1v) is 11.6. The van der Waals surface area contributed by atoms with Gasteiger partial charge in [0.1, 0.15) is 17.4 Å². The normalized spacial score (nSPS) is 10.6. The molecule has 0 saturated carbocycles. The minimum atomic E-state index is -0.618. The van der Waals surface area contributed by atoms with Crippen LogP contribution in [0.5, 0.6) is 0 Å². The summed E-state index contributed by atoms with van der Waals surface area (Å²) in [6.45, 7) is 4.23. The van der Waals surface area contributed by atoms with Gasteiger partial charge in [-0.25, -0.2) is 0 Å². The molecule has 12 nitrogen and oxygen atoms in total. The van der Waals surface area contributed by atoms with Crippen LogP contribution in [0.3, 0.4) is 0 Å². The Morgan fingerprint density at radius 2 is 1.81 bits per heavy atom. The molecule has 3 rings (SSSR count). The number of rotatable bonds is 9. The summed E-state index contributed by atoms with van der Waals surface area (Å²) in [5.41, 5.74) is 1.90. The molecule has 0 heterocycles. The van der Waals surface area contributed by atoms with Gasteiger partial charge in [0.05, 0.1) is 25.6 Å². The van der Waals surface area contributed by atoms with Crippen molar-refractivity contribution < 1.29 is 14.6 Å². The molecule has 0 atom stereocenters. The van der Waals surface area contributed by atoms with Gasteiger partial charge < -0.3 is 10.2 Å². The van der Waals surface area contributed by atoms with Crippen molar-refractivity contribution in [2.45, 2.75) is 20.4 Å². The number of anilines is 2. The van der Waals surface area contributed by atoms with E-state index >= 15 is 0 Å². The Morgan fingerprint density at radius 1 is 1.08 bits per heavy atom. The molecule has 3 aromatic carbocycles. The predicted molar refractivity (Wildman–Crippen MR) is 140 cm³/mol. The number of benzene rings is 3. The fraction of sp³-hybridized carbons (Fsp3) is 0.167. The highest BCUT2D eigenvalue weighted by Gasteiger charge is 2.16. The van der Waals surface area contributed by atoms with Gasteiger partial charge in [0, 0.05) is 50.0 Å². The maximum absolute atomic E-state index is 11.9. The van der Waals surface area contributed by atoms with E-state index in [1.54, 1.807) is 30.3 Å². The molecule has 1 N–H and O–H groups in total. The topological polar surface area (TPSA) is 167 Å². The number of hydrogen-bond acceptors (Lipinski definition) is 9. The Morgan fingerprint density at radius 3 is 2.43 bits per heavy atom. The van der Waals surface area contributed by atoms with E-state index in [0.29, 0.717) is 24.5 Å². The molecule has 3 aromatic rings. The van der Waals surface area contributed by atoms with E-state index < -0.39 is 9.85 Å². The van der Waals surface area contributed by atoms with E-state index in [4.69, 9.17) is 0 Å². The Labute approximate surface area is 219 Å². The zero-order valence-electron chi connectivity index (χ0n) is 19.7. The average Bonchev–Trinajstić information content (AvgIpc) is 2.86. The van der Waals surface area contributed by atoms with Crippen molar-refractivity contribution in [3.05, 3.63) is 90.4 Å². The smallest absolute Gasteiger partial charge is 0.272 e. The summed E-state index contributed by atoms with van der Waals surface area (Å²) in [6.07, 6.45) is 0. The highest BCUT2D eigenvalue weighted by atomic mass is 79.9. The number of nitrogens with zero attached hydrogens (tertiary/aromatic N) is 6. The zero-order chi connectivity index (χ0) is 27.1. The number of halogens is 1. The lowest BCUT2D eigenvalue weighted by molar-refractivity contribution is -0.385. The molecule has 1 amide bonds. The molecule has 0 aliphatic rings. The van der Waals surface area contributed by atoms with Gasteiger partial charge in [-0.15, -0.1) is 10.2 Å². The molecule has 0 fully saturated rings. The second-order valence-electron chi connectivity index (χ2n) is 7.72. The minimum absolute atomic E-state index is 0.00242. The summed E-state index contributed by atoms with van der Waals surface area (Å²) < 4.78 is 0.216.